The molecule has 1 N–H and O–H groups in total. The Hall–Kier alpha value is -1.85. The number of nitrogens with zero attached hydrogens (tertiary/aromatic N) is 2. The molecule has 1 aromatic carbocycles. The van der Waals surface area contributed by atoms with Crippen molar-refractivity contribution in [3.8, 4) is 0 Å². The lowest BCUT2D eigenvalue weighted by Crippen LogP contribution is -2.52. The molecule has 4 unspecified atom stereocenters. The van der Waals surface area contributed by atoms with Crippen molar-refractivity contribution in [3.05, 3.63) is 54.6 Å². The van der Waals surface area contributed by atoms with Crippen molar-refractivity contribution in [2.45, 2.75) is 34.2 Å². The molecule has 4 atom stereocenters. The van der Waals surface area contributed by atoms with Gasteiger partial charge < -0.3 is 10.2 Å². The molecule has 4 aliphatic rings. The summed E-state index contributed by atoms with van der Waals surface area (Å²) in [6, 6.07) is 10.8. The molecule has 4 nitrogen and oxygen atoms in total. The van der Waals surface area contributed by atoms with Gasteiger partial charge in [0.25, 0.3) is 5.91 Å². The molecule has 1 aliphatic carbocycles. The van der Waals surface area contributed by atoms with Crippen LogP contribution in [0.3, 0.4) is 0 Å². The molecule has 146 valence electrons. The molecule has 5 rings (SSSR count). The zero-order chi connectivity index (χ0) is 19.0. The molecule has 0 saturated carbocycles. The first-order valence-corrected chi connectivity index (χ1v) is 11.8. The Kier molecular flexibility index (Phi) is 4.89. The molecule has 2 fully saturated rings. The van der Waals surface area contributed by atoms with Crippen molar-refractivity contribution in [3.63, 3.8) is 0 Å². The smallest absolute Gasteiger partial charge is 0.276 e. The summed E-state index contributed by atoms with van der Waals surface area (Å²) in [5.41, 5.74) is 1.20. The lowest BCUT2D eigenvalue weighted by molar-refractivity contribution is -0.130. The Labute approximate surface area is 170 Å². The van der Waals surface area contributed by atoms with Crippen LogP contribution in [-0.2, 0) is 15.7 Å². The highest BCUT2D eigenvalue weighted by atomic mass is 32.2. The molecule has 2 saturated heterocycles. The molecule has 0 aromatic heterocycles. The van der Waals surface area contributed by atoms with Gasteiger partial charge in [-0.1, -0.05) is 30.4 Å². The van der Waals surface area contributed by atoms with E-state index in [2.05, 4.69) is 64.9 Å². The number of benzene rings is 1. The van der Waals surface area contributed by atoms with E-state index in [1.54, 1.807) is 0 Å². The highest BCUT2D eigenvalue weighted by Crippen LogP contribution is 2.53. The van der Waals surface area contributed by atoms with E-state index < -0.39 is 0 Å². The Morgan fingerprint density at radius 1 is 1.18 bits per heavy atom. The molecule has 3 aliphatic heterocycles. The van der Waals surface area contributed by atoms with Crippen LogP contribution in [0.5, 0.6) is 0 Å². The molecule has 1 aromatic rings. The summed E-state index contributed by atoms with van der Waals surface area (Å²) in [4.78, 5) is 22.1. The van der Waals surface area contributed by atoms with Gasteiger partial charge in [0.2, 0.25) is 5.25 Å². The molecule has 5 heteroatoms. The van der Waals surface area contributed by atoms with Crippen molar-refractivity contribution >= 4 is 22.5 Å². The first-order chi connectivity index (χ1) is 13.8. The summed E-state index contributed by atoms with van der Waals surface area (Å²) in [5.74, 6) is 0.866. The topological polar surface area (TPSA) is 44.7 Å². The zero-order valence-electron chi connectivity index (χ0n) is 16.2. The van der Waals surface area contributed by atoms with E-state index in [-0.39, 0.29) is 20.9 Å². The second kappa shape index (κ2) is 7.53. The minimum atomic E-state index is -0.200. The minimum absolute atomic E-state index is 0.0601. The second-order valence-corrected chi connectivity index (χ2v) is 10.5. The van der Waals surface area contributed by atoms with Crippen molar-refractivity contribution in [2.24, 2.45) is 10.9 Å². The van der Waals surface area contributed by atoms with Gasteiger partial charge in [0.15, 0.2) is 9.64 Å². The van der Waals surface area contributed by atoms with E-state index in [4.69, 9.17) is 4.99 Å². The van der Waals surface area contributed by atoms with E-state index in [0.29, 0.717) is 11.8 Å². The lowest BCUT2D eigenvalue weighted by Gasteiger charge is -2.35. The third-order valence-corrected chi connectivity index (χ3v) is 9.70. The van der Waals surface area contributed by atoms with Crippen LogP contribution in [0.2, 0.25) is 0 Å². The van der Waals surface area contributed by atoms with E-state index in [9.17, 15) is 4.79 Å². The van der Waals surface area contributed by atoms with Gasteiger partial charge in [-0.05, 0) is 43.7 Å². The fourth-order valence-electron chi connectivity index (χ4n) is 5.28. The molecular formula is C23H28N3OS+. The number of amides is 1. The summed E-state index contributed by atoms with van der Waals surface area (Å²) >= 11 is 0. The van der Waals surface area contributed by atoms with Gasteiger partial charge in [0.05, 0.1) is 16.6 Å². The number of nitrogens with one attached hydrogen (secondary N) is 1. The van der Waals surface area contributed by atoms with Gasteiger partial charge in [0, 0.05) is 38.5 Å². The van der Waals surface area contributed by atoms with Gasteiger partial charge in [-0.3, -0.25) is 9.79 Å². The third kappa shape index (κ3) is 2.87. The molecule has 0 bridgehead atoms. The maximum absolute atomic E-state index is 13.8. The van der Waals surface area contributed by atoms with E-state index in [1.165, 1.54) is 10.6 Å². The number of hydrogen-bond acceptors (Lipinski definition) is 3. The Morgan fingerprint density at radius 3 is 2.96 bits per heavy atom. The number of carbonyl (C=O) groups is 1. The summed E-state index contributed by atoms with van der Waals surface area (Å²) in [7, 11) is -0.200. The summed E-state index contributed by atoms with van der Waals surface area (Å²) < 4.78 is -0.0984. The average Bonchev–Trinajstić information content (AvgIpc) is 2.88. The summed E-state index contributed by atoms with van der Waals surface area (Å²) in [5, 5.41) is 3.49. The molecular weight excluding hydrogens is 366 g/mol. The van der Waals surface area contributed by atoms with Crippen molar-refractivity contribution in [1.29, 1.82) is 0 Å². The van der Waals surface area contributed by atoms with Gasteiger partial charge in [-0.25, -0.2) is 0 Å². The second-order valence-electron chi connectivity index (χ2n) is 8.07. The Balaban J connectivity index is 1.58. The maximum atomic E-state index is 13.8. The number of allylic oxidation sites excluding steroid dienone is 3. The normalized spacial score (nSPS) is 34.4. The fourth-order valence-corrected chi connectivity index (χ4v) is 8.86. The van der Waals surface area contributed by atoms with Crippen molar-refractivity contribution in [2.75, 3.05) is 32.7 Å². The van der Waals surface area contributed by atoms with Gasteiger partial charge in [-0.15, -0.1) is 0 Å². The molecule has 3 heterocycles. The first-order valence-electron chi connectivity index (χ1n) is 10.5. The largest absolute Gasteiger partial charge is 0.337 e. The number of carbonyl (C=O) groups excluding carboxylic acids is 1. The third-order valence-electron chi connectivity index (χ3n) is 6.55. The number of aliphatic imine (C=N–C) groups is 1. The quantitative estimate of drug-likeness (QED) is 0.784. The van der Waals surface area contributed by atoms with Crippen LogP contribution in [0.25, 0.3) is 0 Å². The van der Waals surface area contributed by atoms with Crippen LogP contribution in [0.4, 0.5) is 0 Å². The lowest BCUT2D eigenvalue weighted by atomic mass is 9.78. The summed E-state index contributed by atoms with van der Waals surface area (Å²) in [6.45, 7) is 4.51. The standard InChI is InChI=1S/C23H28N3OS/c27-22(26-15-6-12-24-14-16-26)20-17-18-10-13-25-21-9-4-5-11-23(18,21)28(20)19-7-2-1-3-8-19/h1-5,7-9,11,18,20,24H,6,10,12-17H2/q+1. The van der Waals surface area contributed by atoms with Crippen LogP contribution in [0.1, 0.15) is 19.3 Å². The molecule has 1 amide bonds. The van der Waals surface area contributed by atoms with Crippen LogP contribution < -0.4 is 5.32 Å². The van der Waals surface area contributed by atoms with E-state index in [1.807, 2.05) is 0 Å². The van der Waals surface area contributed by atoms with Crippen molar-refractivity contribution in [1.82, 2.24) is 10.2 Å². The Morgan fingerprint density at radius 2 is 2.07 bits per heavy atom. The van der Waals surface area contributed by atoms with E-state index in [0.717, 1.165) is 52.0 Å². The fraction of sp³-hybridized carbons (Fsp3) is 0.478. The van der Waals surface area contributed by atoms with Crippen LogP contribution in [0.15, 0.2) is 64.5 Å². The maximum Gasteiger partial charge on any atom is 0.276 e. The van der Waals surface area contributed by atoms with Gasteiger partial charge in [-0.2, -0.15) is 0 Å². The number of hydrogen-bond donors (Lipinski definition) is 1. The SMILES string of the molecule is O=C(C1CC2CCN=C3C=CC=CC32[S+]1c1ccccc1)N1CCCNCC1. The van der Waals surface area contributed by atoms with Gasteiger partial charge >= 0.3 is 0 Å². The van der Waals surface area contributed by atoms with Gasteiger partial charge in [0.1, 0.15) is 0 Å². The van der Waals surface area contributed by atoms with E-state index >= 15 is 0 Å². The highest BCUT2D eigenvalue weighted by Gasteiger charge is 2.68. The predicted molar refractivity (Wildman–Crippen MR) is 116 cm³/mol. The first kappa shape index (κ1) is 18.2. The van der Waals surface area contributed by atoms with Crippen LogP contribution in [0, 0.1) is 5.92 Å². The van der Waals surface area contributed by atoms with Crippen LogP contribution in [-0.4, -0.2) is 59.2 Å². The van der Waals surface area contributed by atoms with Crippen molar-refractivity contribution < 1.29 is 4.79 Å². The molecule has 0 radical (unpaired) electrons. The monoisotopic (exact) mass is 394 g/mol. The molecule has 1 spiro atoms. The molecule has 28 heavy (non-hydrogen) atoms. The highest BCUT2D eigenvalue weighted by molar-refractivity contribution is 8.00. The average molecular weight is 395 g/mol. The number of rotatable bonds is 2. The Bertz CT molecular complexity index is 826. The predicted octanol–water partition coefficient (Wildman–Crippen LogP) is 2.58. The summed E-state index contributed by atoms with van der Waals surface area (Å²) in [6.07, 6.45) is 12.0. The van der Waals surface area contributed by atoms with Crippen LogP contribution >= 0.6 is 0 Å². The zero-order valence-corrected chi connectivity index (χ0v) is 17.0. The minimum Gasteiger partial charge on any atom is -0.337 e.